The summed E-state index contributed by atoms with van der Waals surface area (Å²) in [6.45, 7) is 0.281. The Morgan fingerprint density at radius 2 is 1.88 bits per heavy atom. The minimum Gasteiger partial charge on any atom is -0.493 e. The number of ether oxygens (including phenoxy) is 2. The lowest BCUT2D eigenvalue weighted by molar-refractivity contribution is -0.119. The van der Waals surface area contributed by atoms with E-state index in [1.165, 1.54) is 4.90 Å². The van der Waals surface area contributed by atoms with E-state index in [0.717, 1.165) is 11.1 Å². The molecule has 1 aliphatic rings. The standard InChI is InChI=1S/C19H21N3O4/c1-25-16-8-7-12(9-17(16)26-2)11-21-19(24)22-14-6-4-3-5-13(14)10-15(22)18(20)23/h3-9,15H,10-11H2,1-2H3,(H2,20,23)(H,21,24). The fourth-order valence-corrected chi connectivity index (χ4v) is 3.12. The second kappa shape index (κ2) is 7.35. The number of methoxy groups -OCH3 is 2. The summed E-state index contributed by atoms with van der Waals surface area (Å²) in [4.78, 5) is 25.9. The van der Waals surface area contributed by atoms with Gasteiger partial charge in [-0.2, -0.15) is 0 Å². The van der Waals surface area contributed by atoms with Crippen molar-refractivity contribution in [3.63, 3.8) is 0 Å². The third-order valence-corrected chi connectivity index (χ3v) is 4.42. The van der Waals surface area contributed by atoms with Crippen LogP contribution in [0.5, 0.6) is 11.5 Å². The number of carbonyl (C=O) groups excluding carboxylic acids is 2. The molecular weight excluding hydrogens is 334 g/mol. The summed E-state index contributed by atoms with van der Waals surface area (Å²) < 4.78 is 10.5. The van der Waals surface area contributed by atoms with Crippen LogP contribution in [0, 0.1) is 0 Å². The number of hydrogen-bond donors (Lipinski definition) is 2. The Kier molecular flexibility index (Phi) is 4.97. The first kappa shape index (κ1) is 17.6. The normalized spacial score (nSPS) is 15.3. The number of nitrogens with two attached hydrogens (primary N) is 1. The number of urea groups is 1. The van der Waals surface area contributed by atoms with Crippen LogP contribution in [0.2, 0.25) is 0 Å². The fraction of sp³-hybridized carbons (Fsp3) is 0.263. The van der Waals surface area contributed by atoms with E-state index in [1.54, 1.807) is 26.4 Å². The average Bonchev–Trinajstić information content (AvgIpc) is 3.05. The first-order valence-corrected chi connectivity index (χ1v) is 8.20. The van der Waals surface area contributed by atoms with Crippen LogP contribution in [0.3, 0.4) is 0 Å². The van der Waals surface area contributed by atoms with Gasteiger partial charge in [-0.1, -0.05) is 24.3 Å². The lowest BCUT2D eigenvalue weighted by Gasteiger charge is -2.23. The maximum Gasteiger partial charge on any atom is 0.322 e. The Bertz CT molecular complexity index is 837. The van der Waals surface area contributed by atoms with Crippen LogP contribution < -0.4 is 25.4 Å². The molecule has 0 spiro atoms. The van der Waals surface area contributed by atoms with Crippen molar-refractivity contribution >= 4 is 17.6 Å². The quantitative estimate of drug-likeness (QED) is 0.856. The molecule has 2 aromatic carbocycles. The van der Waals surface area contributed by atoms with E-state index in [2.05, 4.69) is 5.32 Å². The van der Waals surface area contributed by atoms with E-state index < -0.39 is 11.9 Å². The van der Waals surface area contributed by atoms with Gasteiger partial charge in [0.1, 0.15) is 6.04 Å². The molecular formula is C19H21N3O4. The molecule has 7 nitrogen and oxygen atoms in total. The molecule has 0 radical (unpaired) electrons. The number of primary amides is 1. The summed E-state index contributed by atoms with van der Waals surface area (Å²) in [6.07, 6.45) is 0.426. The van der Waals surface area contributed by atoms with Crippen molar-refractivity contribution in [2.75, 3.05) is 19.1 Å². The van der Waals surface area contributed by atoms with Gasteiger partial charge in [0.25, 0.3) is 0 Å². The van der Waals surface area contributed by atoms with Crippen LogP contribution in [0.15, 0.2) is 42.5 Å². The van der Waals surface area contributed by atoms with Crippen LogP contribution in [-0.4, -0.2) is 32.2 Å². The molecule has 1 heterocycles. The molecule has 0 aromatic heterocycles. The van der Waals surface area contributed by atoms with Crippen LogP contribution in [0.25, 0.3) is 0 Å². The lowest BCUT2D eigenvalue weighted by Crippen LogP contribution is -2.50. The Morgan fingerprint density at radius 1 is 1.15 bits per heavy atom. The highest BCUT2D eigenvalue weighted by molar-refractivity contribution is 6.02. The molecule has 0 aliphatic carbocycles. The molecule has 0 saturated carbocycles. The van der Waals surface area contributed by atoms with Gasteiger partial charge in [-0.05, 0) is 29.3 Å². The third-order valence-electron chi connectivity index (χ3n) is 4.42. The predicted octanol–water partition coefficient (Wildman–Crippen LogP) is 1.83. The molecule has 2 aromatic rings. The number of amides is 3. The minimum atomic E-state index is -0.683. The molecule has 0 saturated heterocycles. The Labute approximate surface area is 151 Å². The van der Waals surface area contributed by atoms with Gasteiger partial charge in [-0.15, -0.1) is 0 Å². The van der Waals surface area contributed by atoms with Gasteiger partial charge in [-0.3, -0.25) is 9.69 Å². The first-order valence-electron chi connectivity index (χ1n) is 8.20. The monoisotopic (exact) mass is 355 g/mol. The van der Waals surface area contributed by atoms with Crippen LogP contribution >= 0.6 is 0 Å². The zero-order valence-electron chi connectivity index (χ0n) is 14.7. The van der Waals surface area contributed by atoms with Gasteiger partial charge in [0, 0.05) is 18.7 Å². The van der Waals surface area contributed by atoms with Crippen molar-refractivity contribution in [3.05, 3.63) is 53.6 Å². The minimum absolute atomic E-state index is 0.281. The summed E-state index contributed by atoms with van der Waals surface area (Å²) in [7, 11) is 3.12. The number of anilines is 1. The summed E-state index contributed by atoms with van der Waals surface area (Å²) in [5.41, 5.74) is 7.98. The van der Waals surface area contributed by atoms with E-state index in [1.807, 2.05) is 30.3 Å². The second-order valence-corrected chi connectivity index (χ2v) is 5.97. The molecule has 1 unspecified atom stereocenters. The topological polar surface area (TPSA) is 93.9 Å². The summed E-state index contributed by atoms with van der Waals surface area (Å²) >= 11 is 0. The maximum atomic E-state index is 12.7. The largest absolute Gasteiger partial charge is 0.493 e. The van der Waals surface area contributed by atoms with Crippen LogP contribution in [-0.2, 0) is 17.8 Å². The number of carbonyl (C=O) groups is 2. The molecule has 136 valence electrons. The number of nitrogens with one attached hydrogen (secondary N) is 1. The maximum absolute atomic E-state index is 12.7. The van der Waals surface area contributed by atoms with E-state index in [0.29, 0.717) is 23.6 Å². The molecule has 3 N–H and O–H groups in total. The summed E-state index contributed by atoms with van der Waals surface area (Å²) in [6, 6.07) is 11.8. The highest BCUT2D eigenvalue weighted by Gasteiger charge is 2.36. The van der Waals surface area contributed by atoms with E-state index in [-0.39, 0.29) is 12.6 Å². The predicted molar refractivity (Wildman–Crippen MR) is 97.4 cm³/mol. The van der Waals surface area contributed by atoms with Crippen LogP contribution in [0.4, 0.5) is 10.5 Å². The average molecular weight is 355 g/mol. The highest BCUT2D eigenvalue weighted by Crippen LogP contribution is 2.32. The van der Waals surface area contributed by atoms with Crippen molar-refractivity contribution in [3.8, 4) is 11.5 Å². The number of nitrogens with zero attached hydrogens (tertiary/aromatic N) is 1. The molecule has 0 bridgehead atoms. The van der Waals surface area contributed by atoms with Gasteiger partial charge < -0.3 is 20.5 Å². The van der Waals surface area contributed by atoms with Gasteiger partial charge in [0.05, 0.1) is 14.2 Å². The molecule has 0 fully saturated rings. The van der Waals surface area contributed by atoms with Crippen molar-refractivity contribution in [2.24, 2.45) is 5.73 Å². The van der Waals surface area contributed by atoms with Crippen molar-refractivity contribution < 1.29 is 19.1 Å². The summed E-state index contributed by atoms with van der Waals surface area (Å²) in [5, 5.41) is 2.84. The van der Waals surface area contributed by atoms with Crippen molar-refractivity contribution in [2.45, 2.75) is 19.0 Å². The molecule has 1 atom stereocenters. The zero-order valence-corrected chi connectivity index (χ0v) is 14.7. The number of para-hydroxylation sites is 1. The Balaban J connectivity index is 1.76. The van der Waals surface area contributed by atoms with E-state index >= 15 is 0 Å². The molecule has 3 rings (SSSR count). The van der Waals surface area contributed by atoms with Crippen molar-refractivity contribution in [1.29, 1.82) is 0 Å². The second-order valence-electron chi connectivity index (χ2n) is 5.97. The Hall–Kier alpha value is -3.22. The number of benzene rings is 2. The molecule has 7 heteroatoms. The van der Waals surface area contributed by atoms with Gasteiger partial charge in [-0.25, -0.2) is 4.79 Å². The van der Waals surface area contributed by atoms with Gasteiger partial charge in [0.2, 0.25) is 5.91 Å². The zero-order chi connectivity index (χ0) is 18.7. The fourth-order valence-electron chi connectivity index (χ4n) is 3.12. The first-order chi connectivity index (χ1) is 12.5. The number of fused-ring (bicyclic) bond motifs is 1. The molecule has 3 amide bonds. The number of rotatable bonds is 5. The smallest absolute Gasteiger partial charge is 0.322 e. The molecule has 26 heavy (non-hydrogen) atoms. The van der Waals surface area contributed by atoms with Gasteiger partial charge in [0.15, 0.2) is 11.5 Å². The molecule has 1 aliphatic heterocycles. The van der Waals surface area contributed by atoms with E-state index in [9.17, 15) is 9.59 Å². The van der Waals surface area contributed by atoms with Crippen molar-refractivity contribution in [1.82, 2.24) is 5.32 Å². The summed E-state index contributed by atoms with van der Waals surface area (Å²) in [5.74, 6) is 0.674. The Morgan fingerprint density at radius 3 is 2.58 bits per heavy atom. The lowest BCUT2D eigenvalue weighted by atomic mass is 10.1. The van der Waals surface area contributed by atoms with E-state index in [4.69, 9.17) is 15.2 Å². The van der Waals surface area contributed by atoms with Gasteiger partial charge >= 0.3 is 6.03 Å². The third kappa shape index (κ3) is 3.28. The van der Waals surface area contributed by atoms with Crippen LogP contribution in [0.1, 0.15) is 11.1 Å². The highest BCUT2D eigenvalue weighted by atomic mass is 16.5. The number of hydrogen-bond acceptors (Lipinski definition) is 4. The SMILES string of the molecule is COc1ccc(CNC(=O)N2c3ccccc3CC2C(N)=O)cc1OC.